The molecule has 0 spiro atoms. The van der Waals surface area contributed by atoms with Gasteiger partial charge in [-0.05, 0) is 84.6 Å². The van der Waals surface area contributed by atoms with Crippen molar-refractivity contribution >= 4 is 21.8 Å². The minimum Gasteiger partial charge on any atom is -0.308 e. The van der Waals surface area contributed by atoms with E-state index in [1.54, 1.807) is 0 Å². The largest absolute Gasteiger partial charge is 0.308 e. The SMILES string of the molecule is Cc1cccc(-c2ccc3c(c2)c2cc(-c4cccc(C)c4)ccc2n3-c2c(-c3cc(-c4ccccc4)nc(-c4ccccc4)n3)cc(C#N)cc2-c2nc(-c3ccccc3)cc(-c3ccccc3)n2)c1. The van der Waals surface area contributed by atoms with Gasteiger partial charge in [0.15, 0.2) is 11.6 Å². The predicted molar refractivity (Wildman–Crippen MR) is 290 cm³/mol. The van der Waals surface area contributed by atoms with E-state index in [0.29, 0.717) is 28.5 Å². The lowest BCUT2D eigenvalue weighted by molar-refractivity contribution is 1.13. The van der Waals surface area contributed by atoms with Crippen LogP contribution >= 0.6 is 0 Å². The molecule has 3 aromatic heterocycles. The summed E-state index contributed by atoms with van der Waals surface area (Å²) >= 11 is 0. The summed E-state index contributed by atoms with van der Waals surface area (Å²) in [6.45, 7) is 4.27. The third-order valence-electron chi connectivity index (χ3n) is 13.1. The Morgan fingerprint density at radius 1 is 0.338 bits per heavy atom. The lowest BCUT2D eigenvalue weighted by Gasteiger charge is -2.20. The molecule has 12 rings (SSSR count). The minimum atomic E-state index is 0.444. The Hall–Kier alpha value is -9.57. The molecule has 0 bridgehead atoms. The molecule has 0 amide bonds. The molecule has 0 aliphatic heterocycles. The number of fused-ring (bicyclic) bond motifs is 3. The highest BCUT2D eigenvalue weighted by Crippen LogP contribution is 2.44. The maximum atomic E-state index is 11.1. The molecule has 0 saturated heterocycles. The van der Waals surface area contributed by atoms with Crippen LogP contribution < -0.4 is 0 Å². The van der Waals surface area contributed by atoms with Crippen molar-refractivity contribution in [2.45, 2.75) is 13.8 Å². The predicted octanol–water partition coefficient (Wildman–Crippen LogP) is 16.2. The van der Waals surface area contributed by atoms with Crippen molar-refractivity contribution in [2.75, 3.05) is 0 Å². The first-order valence-electron chi connectivity index (χ1n) is 23.8. The van der Waals surface area contributed by atoms with Crippen molar-refractivity contribution in [1.82, 2.24) is 24.5 Å². The smallest absolute Gasteiger partial charge is 0.162 e. The topological polar surface area (TPSA) is 80.3 Å². The molecule has 3 heterocycles. The van der Waals surface area contributed by atoms with E-state index in [2.05, 4.69) is 146 Å². The van der Waals surface area contributed by atoms with Gasteiger partial charge in [-0.15, -0.1) is 0 Å². The molecule has 6 nitrogen and oxygen atoms in total. The highest BCUT2D eigenvalue weighted by molar-refractivity contribution is 6.13. The maximum absolute atomic E-state index is 11.1. The van der Waals surface area contributed by atoms with Crippen LogP contribution in [0.2, 0.25) is 0 Å². The standard InChI is InChI=1S/C65H44N6/c1-42-17-15-27-49(33-42)51-29-31-61-53(37-51)54-38-52(50-28-16-18-43(2)34-50)30-32-62(54)71(61)63-55(60-40-59(47-23-11-5-12-24-47)67-64(70-60)48-25-13-6-14-26-48)35-44(41-66)36-56(63)65-68-57(45-19-7-3-8-20-45)39-58(69-65)46-21-9-4-10-22-46/h3-40H,1-2H3. The van der Waals surface area contributed by atoms with Crippen LogP contribution in [0.4, 0.5) is 0 Å². The highest BCUT2D eigenvalue weighted by atomic mass is 15.0. The van der Waals surface area contributed by atoms with Crippen LogP contribution in [0.25, 0.3) is 118 Å². The molecule has 0 aliphatic carbocycles. The van der Waals surface area contributed by atoms with Crippen molar-refractivity contribution in [3.63, 3.8) is 0 Å². The summed E-state index contributed by atoms with van der Waals surface area (Å²) in [4.78, 5) is 21.5. The summed E-state index contributed by atoms with van der Waals surface area (Å²) < 4.78 is 2.34. The fourth-order valence-electron chi connectivity index (χ4n) is 9.72. The van der Waals surface area contributed by atoms with E-state index in [1.165, 1.54) is 11.1 Å². The van der Waals surface area contributed by atoms with Crippen LogP contribution in [0.3, 0.4) is 0 Å². The van der Waals surface area contributed by atoms with Crippen molar-refractivity contribution in [3.05, 3.63) is 247 Å². The molecule has 0 radical (unpaired) electrons. The van der Waals surface area contributed by atoms with Crippen molar-refractivity contribution < 1.29 is 0 Å². The number of aryl methyl sites for hydroxylation is 2. The maximum Gasteiger partial charge on any atom is 0.162 e. The van der Waals surface area contributed by atoms with Gasteiger partial charge < -0.3 is 4.57 Å². The van der Waals surface area contributed by atoms with Gasteiger partial charge in [-0.2, -0.15) is 5.26 Å². The summed E-state index contributed by atoms with van der Waals surface area (Å²) in [5, 5.41) is 13.2. The quantitative estimate of drug-likeness (QED) is 0.144. The molecule has 6 heteroatoms. The molecular formula is C65H44N6. The van der Waals surface area contributed by atoms with Gasteiger partial charge >= 0.3 is 0 Å². The normalized spacial score (nSPS) is 11.2. The van der Waals surface area contributed by atoms with Gasteiger partial charge in [-0.3, -0.25) is 0 Å². The summed E-state index contributed by atoms with van der Waals surface area (Å²) in [7, 11) is 0. The molecule has 71 heavy (non-hydrogen) atoms. The highest BCUT2D eigenvalue weighted by Gasteiger charge is 2.26. The van der Waals surface area contributed by atoms with Crippen LogP contribution in [-0.2, 0) is 0 Å². The molecule has 334 valence electrons. The van der Waals surface area contributed by atoms with Crippen LogP contribution in [0, 0.1) is 25.2 Å². The molecule has 9 aromatic carbocycles. The van der Waals surface area contributed by atoms with E-state index in [-0.39, 0.29) is 0 Å². The van der Waals surface area contributed by atoms with Gasteiger partial charge in [0.05, 0.1) is 51.1 Å². The van der Waals surface area contributed by atoms with Crippen LogP contribution in [0.5, 0.6) is 0 Å². The zero-order valence-electron chi connectivity index (χ0n) is 39.1. The van der Waals surface area contributed by atoms with Gasteiger partial charge in [0.25, 0.3) is 0 Å². The van der Waals surface area contributed by atoms with E-state index in [9.17, 15) is 5.26 Å². The second-order valence-corrected chi connectivity index (χ2v) is 18.0. The van der Waals surface area contributed by atoms with E-state index in [0.717, 1.165) is 94.6 Å². The number of benzene rings is 9. The summed E-state index contributed by atoms with van der Waals surface area (Å²) in [6.07, 6.45) is 0. The van der Waals surface area contributed by atoms with E-state index in [1.807, 2.05) is 109 Å². The second-order valence-electron chi connectivity index (χ2n) is 18.0. The number of hydrogen-bond acceptors (Lipinski definition) is 5. The first-order valence-corrected chi connectivity index (χ1v) is 23.8. The summed E-state index contributed by atoms with van der Waals surface area (Å²) in [5.41, 5.74) is 18.2. The molecule has 0 N–H and O–H groups in total. The monoisotopic (exact) mass is 908 g/mol. The van der Waals surface area contributed by atoms with Crippen LogP contribution in [0.1, 0.15) is 16.7 Å². The molecule has 0 saturated carbocycles. The number of rotatable bonds is 9. The summed E-state index contributed by atoms with van der Waals surface area (Å²) in [5.74, 6) is 1.04. The molecule has 0 fully saturated rings. The average molecular weight is 909 g/mol. The van der Waals surface area contributed by atoms with Gasteiger partial charge in [0, 0.05) is 44.2 Å². The second kappa shape index (κ2) is 18.2. The molecule has 0 unspecified atom stereocenters. The first-order chi connectivity index (χ1) is 34.9. The Morgan fingerprint density at radius 3 is 1.20 bits per heavy atom. The molecule has 12 aromatic rings. The fraction of sp³-hybridized carbons (Fsp3) is 0.0308. The molecule has 0 atom stereocenters. The minimum absolute atomic E-state index is 0.444. The number of nitriles is 1. The third kappa shape index (κ3) is 8.22. The van der Waals surface area contributed by atoms with Gasteiger partial charge in [-0.25, -0.2) is 19.9 Å². The van der Waals surface area contributed by atoms with Crippen LogP contribution in [0.15, 0.2) is 231 Å². The average Bonchev–Trinajstić information content (AvgIpc) is 3.76. The van der Waals surface area contributed by atoms with E-state index >= 15 is 0 Å². The van der Waals surface area contributed by atoms with E-state index < -0.39 is 0 Å². The lowest BCUT2D eigenvalue weighted by atomic mass is 9.97. The molecule has 0 aliphatic rings. The molecular weight excluding hydrogens is 865 g/mol. The third-order valence-corrected chi connectivity index (χ3v) is 13.1. The van der Waals surface area contributed by atoms with Crippen molar-refractivity contribution in [3.8, 4) is 102 Å². The number of hydrogen-bond donors (Lipinski definition) is 0. The zero-order valence-corrected chi connectivity index (χ0v) is 39.1. The Morgan fingerprint density at radius 2 is 0.732 bits per heavy atom. The Labute approximate surface area is 412 Å². The van der Waals surface area contributed by atoms with Crippen molar-refractivity contribution in [1.29, 1.82) is 5.26 Å². The van der Waals surface area contributed by atoms with Crippen molar-refractivity contribution in [2.24, 2.45) is 0 Å². The lowest BCUT2D eigenvalue weighted by Crippen LogP contribution is -2.06. The zero-order chi connectivity index (χ0) is 47.8. The Bertz CT molecular complexity index is 3640. The number of aromatic nitrogens is 5. The van der Waals surface area contributed by atoms with E-state index in [4.69, 9.17) is 19.9 Å². The summed E-state index contributed by atoms with van der Waals surface area (Å²) in [6, 6.07) is 82.0. The Balaban J connectivity index is 1.23. The van der Waals surface area contributed by atoms with Gasteiger partial charge in [-0.1, -0.05) is 193 Å². The Kier molecular flexibility index (Phi) is 10.9. The van der Waals surface area contributed by atoms with Crippen LogP contribution in [-0.4, -0.2) is 24.5 Å². The number of nitrogens with zero attached hydrogens (tertiary/aromatic N) is 6. The van der Waals surface area contributed by atoms with Gasteiger partial charge in [0.2, 0.25) is 0 Å². The fourth-order valence-corrected chi connectivity index (χ4v) is 9.72. The van der Waals surface area contributed by atoms with Gasteiger partial charge in [0.1, 0.15) is 0 Å². The first kappa shape index (κ1) is 42.8.